The summed E-state index contributed by atoms with van der Waals surface area (Å²) < 4.78 is 5.69. The quantitative estimate of drug-likeness (QED) is 0.600. The molecule has 2 atom stereocenters. The second-order valence-corrected chi connectivity index (χ2v) is 10.5. The number of piperidine rings is 2. The van der Waals surface area contributed by atoms with E-state index in [2.05, 4.69) is 65.6 Å². The molecule has 0 spiro atoms. The van der Waals surface area contributed by atoms with Gasteiger partial charge in [-0.3, -0.25) is 0 Å². The maximum Gasteiger partial charge on any atom is 0.410 e. The van der Waals surface area contributed by atoms with Gasteiger partial charge in [-0.25, -0.2) is 4.79 Å². The molecule has 2 saturated heterocycles. The van der Waals surface area contributed by atoms with Crippen LogP contribution in [0.25, 0.3) is 0 Å². The minimum absolute atomic E-state index is 0.170. The standard InChI is InChI=1S/C28H38N2O2/c1-28(2,3)32-27(31)30-19-16-26(24-12-8-5-9-13-24)25(21-30)20-29-17-14-23(15-18-29)22-10-6-4-7-11-22/h4-13,23,25-26H,14-21H2,1-3H3. The molecule has 0 aliphatic carbocycles. The number of nitrogens with zero attached hydrogens (tertiary/aromatic N) is 2. The molecule has 0 radical (unpaired) electrons. The van der Waals surface area contributed by atoms with Gasteiger partial charge in [-0.2, -0.15) is 0 Å². The summed E-state index contributed by atoms with van der Waals surface area (Å²) in [4.78, 5) is 17.3. The summed E-state index contributed by atoms with van der Waals surface area (Å²) in [5.74, 6) is 1.58. The first-order chi connectivity index (χ1) is 15.4. The van der Waals surface area contributed by atoms with Crippen LogP contribution in [0.2, 0.25) is 0 Å². The predicted octanol–water partition coefficient (Wildman–Crippen LogP) is 5.91. The fourth-order valence-corrected chi connectivity index (χ4v) is 5.35. The second kappa shape index (κ2) is 10.1. The Morgan fingerprint density at radius 1 is 0.875 bits per heavy atom. The maximum atomic E-state index is 12.8. The van der Waals surface area contributed by atoms with Crippen LogP contribution in [0.3, 0.4) is 0 Å². The molecule has 4 nitrogen and oxygen atoms in total. The lowest BCUT2D eigenvalue weighted by Crippen LogP contribution is -2.49. The molecule has 2 unspecified atom stereocenters. The van der Waals surface area contributed by atoms with E-state index in [1.165, 1.54) is 24.0 Å². The van der Waals surface area contributed by atoms with Crippen LogP contribution in [-0.2, 0) is 4.74 Å². The van der Waals surface area contributed by atoms with Gasteiger partial charge in [0, 0.05) is 19.6 Å². The van der Waals surface area contributed by atoms with E-state index < -0.39 is 5.60 Å². The molecule has 4 rings (SSSR count). The van der Waals surface area contributed by atoms with Gasteiger partial charge in [0.2, 0.25) is 0 Å². The number of hydrogen-bond acceptors (Lipinski definition) is 3. The van der Waals surface area contributed by atoms with Crippen molar-refractivity contribution in [3.8, 4) is 0 Å². The summed E-state index contributed by atoms with van der Waals surface area (Å²) in [7, 11) is 0. The van der Waals surface area contributed by atoms with Crippen LogP contribution < -0.4 is 0 Å². The van der Waals surface area contributed by atoms with Gasteiger partial charge in [0.15, 0.2) is 0 Å². The van der Waals surface area contributed by atoms with E-state index in [1.807, 2.05) is 25.7 Å². The summed E-state index contributed by atoms with van der Waals surface area (Å²) >= 11 is 0. The Labute approximate surface area is 193 Å². The zero-order valence-electron chi connectivity index (χ0n) is 19.9. The number of benzene rings is 2. The van der Waals surface area contributed by atoms with Crippen molar-refractivity contribution in [2.24, 2.45) is 5.92 Å². The maximum absolute atomic E-state index is 12.8. The zero-order chi connectivity index (χ0) is 22.6. The van der Waals surface area contributed by atoms with Gasteiger partial charge in [0.05, 0.1) is 0 Å². The Balaban J connectivity index is 1.42. The highest BCUT2D eigenvalue weighted by atomic mass is 16.6. The Hall–Kier alpha value is -2.33. The lowest BCUT2D eigenvalue weighted by atomic mass is 9.79. The molecule has 32 heavy (non-hydrogen) atoms. The van der Waals surface area contributed by atoms with Crippen LogP contribution in [0.5, 0.6) is 0 Å². The molecule has 2 aromatic rings. The Bertz CT molecular complexity index is 854. The highest BCUT2D eigenvalue weighted by Crippen LogP contribution is 2.36. The van der Waals surface area contributed by atoms with E-state index in [9.17, 15) is 4.79 Å². The number of ether oxygens (including phenoxy) is 1. The number of carbonyl (C=O) groups is 1. The second-order valence-electron chi connectivity index (χ2n) is 10.5. The van der Waals surface area contributed by atoms with Gasteiger partial charge in [0.25, 0.3) is 0 Å². The highest BCUT2D eigenvalue weighted by molar-refractivity contribution is 5.68. The molecule has 172 valence electrons. The number of likely N-dealkylation sites (tertiary alicyclic amines) is 2. The number of hydrogen-bond donors (Lipinski definition) is 0. The lowest BCUT2D eigenvalue weighted by Gasteiger charge is -2.42. The summed E-state index contributed by atoms with van der Waals surface area (Å²) in [5.41, 5.74) is 2.42. The van der Waals surface area contributed by atoms with Gasteiger partial charge in [-0.1, -0.05) is 60.7 Å². The minimum atomic E-state index is -0.456. The molecule has 2 fully saturated rings. The number of carbonyl (C=O) groups excluding carboxylic acids is 1. The Morgan fingerprint density at radius 2 is 1.47 bits per heavy atom. The monoisotopic (exact) mass is 434 g/mol. The normalized spacial score (nSPS) is 23.2. The van der Waals surface area contributed by atoms with Gasteiger partial charge < -0.3 is 14.5 Å². The number of rotatable bonds is 4. The van der Waals surface area contributed by atoms with Crippen LogP contribution >= 0.6 is 0 Å². The third-order valence-electron chi connectivity index (χ3n) is 6.96. The van der Waals surface area contributed by atoms with Crippen LogP contribution in [0, 0.1) is 5.92 Å². The predicted molar refractivity (Wildman–Crippen MR) is 130 cm³/mol. The van der Waals surface area contributed by atoms with Crippen molar-refractivity contribution >= 4 is 6.09 Å². The highest BCUT2D eigenvalue weighted by Gasteiger charge is 2.35. The summed E-state index contributed by atoms with van der Waals surface area (Å²) in [6, 6.07) is 21.8. The Kier molecular flexibility index (Phi) is 7.20. The molecular formula is C28H38N2O2. The third kappa shape index (κ3) is 5.92. The SMILES string of the molecule is CC(C)(C)OC(=O)N1CCC(c2ccccc2)C(CN2CCC(c3ccccc3)CC2)C1. The van der Waals surface area contributed by atoms with Crippen molar-refractivity contribution in [1.29, 1.82) is 0 Å². The van der Waals surface area contributed by atoms with Crippen molar-refractivity contribution < 1.29 is 9.53 Å². The van der Waals surface area contributed by atoms with E-state index >= 15 is 0 Å². The zero-order valence-corrected chi connectivity index (χ0v) is 19.9. The molecule has 2 aromatic carbocycles. The lowest BCUT2D eigenvalue weighted by molar-refractivity contribution is 0.0111. The summed E-state index contributed by atoms with van der Waals surface area (Å²) in [6.45, 7) is 10.7. The molecule has 2 aliphatic heterocycles. The molecule has 2 aliphatic rings. The molecule has 2 heterocycles. The molecule has 0 saturated carbocycles. The van der Waals surface area contributed by atoms with E-state index in [1.54, 1.807) is 0 Å². The minimum Gasteiger partial charge on any atom is -0.444 e. The summed E-state index contributed by atoms with van der Waals surface area (Å²) in [6.07, 6.45) is 3.25. The molecule has 0 aromatic heterocycles. The average molecular weight is 435 g/mol. The fraction of sp³-hybridized carbons (Fsp3) is 0.536. The summed E-state index contributed by atoms with van der Waals surface area (Å²) in [5, 5.41) is 0. The molecule has 1 amide bonds. The van der Waals surface area contributed by atoms with E-state index in [4.69, 9.17) is 4.74 Å². The average Bonchev–Trinajstić information content (AvgIpc) is 2.79. The Morgan fingerprint density at radius 3 is 2.06 bits per heavy atom. The first-order valence-electron chi connectivity index (χ1n) is 12.2. The van der Waals surface area contributed by atoms with Gasteiger partial charge in [0.1, 0.15) is 5.60 Å². The van der Waals surface area contributed by atoms with E-state index in [0.717, 1.165) is 39.1 Å². The van der Waals surface area contributed by atoms with Gasteiger partial charge in [-0.15, -0.1) is 0 Å². The van der Waals surface area contributed by atoms with Crippen LogP contribution in [0.1, 0.15) is 63.0 Å². The smallest absolute Gasteiger partial charge is 0.410 e. The van der Waals surface area contributed by atoms with Gasteiger partial charge >= 0.3 is 6.09 Å². The van der Waals surface area contributed by atoms with Crippen molar-refractivity contribution in [3.05, 3.63) is 71.8 Å². The number of amides is 1. The first kappa shape index (κ1) is 22.8. The van der Waals surface area contributed by atoms with Crippen LogP contribution in [-0.4, -0.2) is 54.2 Å². The molecule has 0 N–H and O–H groups in total. The first-order valence-corrected chi connectivity index (χ1v) is 12.2. The largest absolute Gasteiger partial charge is 0.444 e. The fourth-order valence-electron chi connectivity index (χ4n) is 5.35. The van der Waals surface area contributed by atoms with Crippen molar-refractivity contribution in [3.63, 3.8) is 0 Å². The van der Waals surface area contributed by atoms with E-state index in [0.29, 0.717) is 17.8 Å². The molecule has 0 bridgehead atoms. The van der Waals surface area contributed by atoms with Crippen molar-refractivity contribution in [2.45, 2.75) is 57.5 Å². The molecular weight excluding hydrogens is 396 g/mol. The van der Waals surface area contributed by atoms with Gasteiger partial charge in [-0.05, 0) is 82.0 Å². The van der Waals surface area contributed by atoms with Crippen molar-refractivity contribution in [2.75, 3.05) is 32.7 Å². The van der Waals surface area contributed by atoms with E-state index in [-0.39, 0.29) is 6.09 Å². The third-order valence-corrected chi connectivity index (χ3v) is 6.96. The van der Waals surface area contributed by atoms with Crippen LogP contribution in [0.4, 0.5) is 4.79 Å². The molecule has 4 heteroatoms. The van der Waals surface area contributed by atoms with Crippen LogP contribution in [0.15, 0.2) is 60.7 Å². The topological polar surface area (TPSA) is 32.8 Å². The van der Waals surface area contributed by atoms with Crippen molar-refractivity contribution in [1.82, 2.24) is 9.80 Å².